The van der Waals surface area contributed by atoms with Gasteiger partial charge in [0.05, 0.1) is 12.2 Å². The molecule has 1 aliphatic heterocycles. The minimum absolute atomic E-state index is 0. The number of para-hydroxylation sites is 2. The van der Waals surface area contributed by atoms with Crippen LogP contribution in [0.1, 0.15) is 44.2 Å². The summed E-state index contributed by atoms with van der Waals surface area (Å²) in [5.41, 5.74) is 2.94. The van der Waals surface area contributed by atoms with Crippen LogP contribution in [-0.4, -0.2) is 35.7 Å². The van der Waals surface area contributed by atoms with E-state index in [1.54, 1.807) is 11.8 Å². The Kier molecular flexibility index (Phi) is 8.26. The third kappa shape index (κ3) is 5.32. The molecule has 0 aromatic heterocycles. The molecule has 2 aromatic rings. The molecule has 0 spiro atoms. The van der Waals surface area contributed by atoms with Crippen LogP contribution in [0.15, 0.2) is 48.5 Å². The molecule has 0 saturated carbocycles. The molecule has 0 saturated heterocycles. The smallest absolute Gasteiger partial charge is 0.320 e. The molecule has 1 aliphatic rings. The Morgan fingerprint density at radius 2 is 1.87 bits per heavy atom. The van der Waals surface area contributed by atoms with Crippen molar-refractivity contribution >= 4 is 30.0 Å². The van der Waals surface area contributed by atoms with E-state index >= 15 is 0 Å². The number of nitrogens with one attached hydrogen (secondary N) is 1. The van der Waals surface area contributed by atoms with Gasteiger partial charge in [0.25, 0.3) is 0 Å². The molecule has 1 heterocycles. The van der Waals surface area contributed by atoms with E-state index in [0.29, 0.717) is 30.3 Å². The summed E-state index contributed by atoms with van der Waals surface area (Å²) in [6.45, 7) is 6.53. The Balaban J connectivity index is 0.00000320. The number of carbonyl (C=O) groups is 2. The van der Waals surface area contributed by atoms with Crippen LogP contribution in [0.2, 0.25) is 0 Å². The maximum absolute atomic E-state index is 13.4. The van der Waals surface area contributed by atoms with Crippen LogP contribution in [-0.2, 0) is 16.1 Å². The Hall–Kier alpha value is -2.57. The minimum Gasteiger partial charge on any atom is -0.489 e. The molecule has 3 rings (SSSR count). The molecular weight excluding hydrogens is 404 g/mol. The largest absolute Gasteiger partial charge is 0.489 e. The van der Waals surface area contributed by atoms with Crippen LogP contribution in [0.5, 0.6) is 5.75 Å². The summed E-state index contributed by atoms with van der Waals surface area (Å²) in [7, 11) is 0. The van der Waals surface area contributed by atoms with E-state index in [1.807, 2.05) is 36.4 Å². The number of benzene rings is 2. The molecule has 0 bridgehead atoms. The number of ether oxygens (including phenoxy) is 1. The number of halogens is 1. The number of aliphatic carboxylic acids is 1. The lowest BCUT2D eigenvalue weighted by Gasteiger charge is -2.26. The van der Waals surface area contributed by atoms with Crippen molar-refractivity contribution in [2.45, 2.75) is 51.7 Å². The zero-order chi connectivity index (χ0) is 21.0. The third-order valence-corrected chi connectivity index (χ3v) is 5.22. The zero-order valence-corrected chi connectivity index (χ0v) is 18.3. The predicted octanol–water partition coefficient (Wildman–Crippen LogP) is 3.98. The van der Waals surface area contributed by atoms with Gasteiger partial charge in [-0.25, -0.2) is 0 Å². The molecule has 7 heteroatoms. The van der Waals surface area contributed by atoms with Crippen LogP contribution in [0, 0.1) is 0 Å². The van der Waals surface area contributed by atoms with E-state index in [-0.39, 0.29) is 24.9 Å². The first kappa shape index (κ1) is 23.7. The van der Waals surface area contributed by atoms with E-state index in [2.05, 4.69) is 31.3 Å². The van der Waals surface area contributed by atoms with Crippen LogP contribution < -0.4 is 15.0 Å². The van der Waals surface area contributed by atoms with E-state index in [4.69, 9.17) is 4.74 Å². The fourth-order valence-electron chi connectivity index (χ4n) is 3.43. The first-order valence-electron chi connectivity index (χ1n) is 10.0. The van der Waals surface area contributed by atoms with Crippen LogP contribution in [0.25, 0.3) is 0 Å². The molecule has 6 nitrogen and oxygen atoms in total. The van der Waals surface area contributed by atoms with Crippen LogP contribution in [0.3, 0.4) is 0 Å². The summed E-state index contributed by atoms with van der Waals surface area (Å²) in [4.78, 5) is 26.5. The van der Waals surface area contributed by atoms with Gasteiger partial charge in [-0.3, -0.25) is 14.9 Å². The zero-order valence-electron chi connectivity index (χ0n) is 17.5. The fraction of sp³-hybridized carbons (Fsp3) is 0.391. The van der Waals surface area contributed by atoms with Gasteiger partial charge in [-0.2, -0.15) is 0 Å². The lowest BCUT2D eigenvalue weighted by molar-refractivity contribution is -0.140. The highest BCUT2D eigenvalue weighted by Gasteiger charge is 2.33. The van der Waals surface area contributed by atoms with Gasteiger partial charge in [0, 0.05) is 0 Å². The van der Waals surface area contributed by atoms with Crippen molar-refractivity contribution in [3.05, 3.63) is 59.7 Å². The highest BCUT2D eigenvalue weighted by molar-refractivity contribution is 5.99. The third-order valence-electron chi connectivity index (χ3n) is 5.22. The van der Waals surface area contributed by atoms with Crippen molar-refractivity contribution in [2.24, 2.45) is 0 Å². The van der Waals surface area contributed by atoms with Gasteiger partial charge >= 0.3 is 5.97 Å². The summed E-state index contributed by atoms with van der Waals surface area (Å²) >= 11 is 0. The first-order chi connectivity index (χ1) is 13.9. The summed E-state index contributed by atoms with van der Waals surface area (Å²) in [6.07, 6.45) is 0.378. The lowest BCUT2D eigenvalue weighted by atomic mass is 10.0. The molecule has 0 fully saturated rings. The van der Waals surface area contributed by atoms with E-state index in [1.165, 1.54) is 5.56 Å². The van der Waals surface area contributed by atoms with Crippen molar-refractivity contribution in [2.75, 3.05) is 11.5 Å². The lowest BCUT2D eigenvalue weighted by Crippen LogP contribution is -2.53. The molecule has 0 aliphatic carbocycles. The number of hydrogen-bond donors (Lipinski definition) is 2. The van der Waals surface area contributed by atoms with Crippen molar-refractivity contribution in [3.63, 3.8) is 0 Å². The Labute approximate surface area is 183 Å². The molecule has 2 aromatic carbocycles. The summed E-state index contributed by atoms with van der Waals surface area (Å²) in [5, 5.41) is 12.3. The Morgan fingerprint density at radius 3 is 2.47 bits per heavy atom. The van der Waals surface area contributed by atoms with Crippen molar-refractivity contribution in [1.82, 2.24) is 5.32 Å². The number of carboxylic acid groups (broad SMARTS) is 1. The normalized spacial score (nSPS) is 16.9. The summed E-state index contributed by atoms with van der Waals surface area (Å²) in [5.74, 6) is -0.110. The molecule has 0 radical (unpaired) electrons. The van der Waals surface area contributed by atoms with E-state index in [0.717, 1.165) is 5.56 Å². The molecule has 2 N–H and O–H groups in total. The van der Waals surface area contributed by atoms with Gasteiger partial charge in [0.2, 0.25) is 5.91 Å². The average Bonchev–Trinajstić information content (AvgIpc) is 2.84. The van der Waals surface area contributed by atoms with Gasteiger partial charge in [-0.1, -0.05) is 57.2 Å². The highest BCUT2D eigenvalue weighted by atomic mass is 35.5. The molecular formula is C23H29ClN2O4. The number of carbonyl (C=O) groups excluding carboxylic acids is 1. The van der Waals surface area contributed by atoms with Gasteiger partial charge in [-0.15, -0.1) is 12.4 Å². The molecule has 30 heavy (non-hydrogen) atoms. The van der Waals surface area contributed by atoms with Gasteiger partial charge < -0.3 is 14.7 Å². The summed E-state index contributed by atoms with van der Waals surface area (Å²) < 4.78 is 5.86. The second-order valence-electron chi connectivity index (χ2n) is 7.62. The monoisotopic (exact) mass is 432 g/mol. The van der Waals surface area contributed by atoms with Crippen molar-refractivity contribution in [3.8, 4) is 5.75 Å². The number of amides is 1. The second kappa shape index (κ2) is 10.5. The topological polar surface area (TPSA) is 78.9 Å². The second-order valence-corrected chi connectivity index (χ2v) is 7.62. The molecule has 0 unspecified atom stereocenters. The minimum atomic E-state index is -0.974. The molecule has 2 atom stereocenters. The Morgan fingerprint density at radius 1 is 1.20 bits per heavy atom. The fourth-order valence-corrected chi connectivity index (χ4v) is 3.43. The molecule has 1 amide bonds. The predicted molar refractivity (Wildman–Crippen MR) is 120 cm³/mol. The number of carboxylic acids is 1. The van der Waals surface area contributed by atoms with Gasteiger partial charge in [-0.05, 0) is 35.6 Å². The number of rotatable bonds is 7. The Bertz CT molecular complexity index is 870. The number of hydrogen-bond acceptors (Lipinski definition) is 4. The van der Waals surface area contributed by atoms with Crippen LogP contribution >= 0.6 is 12.4 Å². The van der Waals surface area contributed by atoms with E-state index < -0.39 is 18.1 Å². The quantitative estimate of drug-likeness (QED) is 0.691. The SMILES string of the molecule is CC[C@H](N[C@H]1COc2ccccc2N(Cc2ccc(C(C)C)cc2)C1=O)C(=O)O.Cl. The maximum Gasteiger partial charge on any atom is 0.320 e. The number of nitrogens with zero attached hydrogens (tertiary/aromatic N) is 1. The van der Waals surface area contributed by atoms with Crippen LogP contribution in [0.4, 0.5) is 5.69 Å². The highest BCUT2D eigenvalue weighted by Crippen LogP contribution is 2.32. The first-order valence-corrected chi connectivity index (χ1v) is 10.0. The molecule has 162 valence electrons. The van der Waals surface area contributed by atoms with E-state index in [9.17, 15) is 14.7 Å². The number of fused-ring (bicyclic) bond motifs is 1. The average molecular weight is 433 g/mol. The van der Waals surface area contributed by atoms with Crippen molar-refractivity contribution in [1.29, 1.82) is 0 Å². The summed E-state index contributed by atoms with van der Waals surface area (Å²) in [6, 6.07) is 14.1. The van der Waals surface area contributed by atoms with Gasteiger partial charge in [0.15, 0.2) is 0 Å². The standard InChI is InChI=1S/C23H28N2O4.ClH/c1-4-18(23(27)28)24-19-14-29-21-8-6-5-7-20(21)25(22(19)26)13-16-9-11-17(12-10-16)15(2)3;/h5-12,15,18-19,24H,4,13-14H2,1-3H3,(H,27,28);1H/t18-,19-;/m0./s1. The van der Waals surface area contributed by atoms with Gasteiger partial charge in [0.1, 0.15) is 24.4 Å². The van der Waals surface area contributed by atoms with Crippen molar-refractivity contribution < 1.29 is 19.4 Å². The maximum atomic E-state index is 13.4. The number of anilines is 1.